The fourth-order valence-electron chi connectivity index (χ4n) is 1.55. The Morgan fingerprint density at radius 3 is 2.00 bits per heavy atom. The van der Waals surface area contributed by atoms with Crippen LogP contribution >= 0.6 is 0 Å². The number of alkyl halides is 3. The molecule has 0 saturated carbocycles. The van der Waals surface area contributed by atoms with Crippen LogP contribution in [0.2, 0.25) is 0 Å². The summed E-state index contributed by atoms with van der Waals surface area (Å²) >= 11 is 0. The molecule has 4 nitrogen and oxygen atoms in total. The fraction of sp³-hybridized carbons (Fsp3) is 1.00. The van der Waals surface area contributed by atoms with E-state index in [0.29, 0.717) is 0 Å². The van der Waals surface area contributed by atoms with Crippen molar-refractivity contribution < 1.29 is 31.0 Å². The molecule has 1 fully saturated rings. The molecule has 8 heteroatoms. The zero-order valence-corrected chi connectivity index (χ0v) is 9.99. The van der Waals surface area contributed by atoms with E-state index < -0.39 is 15.6 Å². The molecule has 0 amide bonds. The summed E-state index contributed by atoms with van der Waals surface area (Å²) in [6, 6.07) is 0. The van der Waals surface area contributed by atoms with Gasteiger partial charge >= 0.3 is 5.51 Å². The molecule has 0 radical (unpaired) electrons. The standard InChI is InChI=1S/C7H15N.CHF3O3S/c1-7-4-3-5-8(2)6-7;2-1(3,4)8(5,6)7/h7H,3-6H2,1-2H3;(H,5,6,7). The van der Waals surface area contributed by atoms with E-state index in [9.17, 15) is 13.2 Å². The third-order valence-electron chi connectivity index (χ3n) is 2.28. The van der Waals surface area contributed by atoms with Crippen LogP contribution in [-0.2, 0) is 10.1 Å². The minimum Gasteiger partial charge on any atom is -0.741 e. The van der Waals surface area contributed by atoms with E-state index >= 15 is 0 Å². The van der Waals surface area contributed by atoms with Gasteiger partial charge in [0.2, 0.25) is 0 Å². The number of hydrogen-bond donors (Lipinski definition) is 1. The summed E-state index contributed by atoms with van der Waals surface area (Å²) < 4.78 is 58.9. The number of quaternary nitrogens is 1. The van der Waals surface area contributed by atoms with Crippen molar-refractivity contribution in [2.45, 2.75) is 25.3 Å². The molecule has 1 rings (SSSR count). The fourth-order valence-corrected chi connectivity index (χ4v) is 1.55. The van der Waals surface area contributed by atoms with E-state index in [-0.39, 0.29) is 0 Å². The van der Waals surface area contributed by atoms with Gasteiger partial charge in [0.15, 0.2) is 10.1 Å². The normalized spacial score (nSPS) is 26.9. The van der Waals surface area contributed by atoms with E-state index in [2.05, 4.69) is 14.0 Å². The summed E-state index contributed by atoms with van der Waals surface area (Å²) in [7, 11) is -3.80. The molecule has 1 heterocycles. The van der Waals surface area contributed by atoms with Crippen molar-refractivity contribution in [2.75, 3.05) is 20.1 Å². The van der Waals surface area contributed by atoms with Gasteiger partial charge in [0.05, 0.1) is 20.1 Å². The smallest absolute Gasteiger partial charge is 0.485 e. The maximum atomic E-state index is 10.7. The molecule has 0 aliphatic carbocycles. The second kappa shape index (κ2) is 5.83. The second-order valence-corrected chi connectivity index (χ2v) is 5.43. The molecule has 0 aromatic carbocycles. The number of nitrogens with one attached hydrogen (secondary N) is 1. The van der Waals surface area contributed by atoms with Crippen LogP contribution in [0.3, 0.4) is 0 Å². The van der Waals surface area contributed by atoms with E-state index in [1.54, 1.807) is 4.90 Å². The third-order valence-corrected chi connectivity index (χ3v) is 2.85. The summed E-state index contributed by atoms with van der Waals surface area (Å²) in [6.07, 6.45) is 2.89. The van der Waals surface area contributed by atoms with Gasteiger partial charge in [-0.1, -0.05) is 6.92 Å². The monoisotopic (exact) mass is 263 g/mol. The van der Waals surface area contributed by atoms with Crippen molar-refractivity contribution in [1.29, 1.82) is 0 Å². The van der Waals surface area contributed by atoms with Gasteiger partial charge in [-0.25, -0.2) is 8.42 Å². The van der Waals surface area contributed by atoms with Crippen LogP contribution in [-0.4, -0.2) is 38.6 Å². The first-order valence-electron chi connectivity index (χ1n) is 4.87. The highest BCUT2D eigenvalue weighted by atomic mass is 32.2. The van der Waals surface area contributed by atoms with E-state index in [1.165, 1.54) is 25.9 Å². The molecular formula is C8H16F3NO3S. The Kier molecular flexibility index (Phi) is 5.71. The Bertz CT molecular complexity index is 294. The van der Waals surface area contributed by atoms with Gasteiger partial charge in [-0.2, -0.15) is 13.2 Å². The summed E-state index contributed by atoms with van der Waals surface area (Å²) in [5.74, 6) is 0.976. The molecule has 1 aliphatic rings. The SMILES string of the molecule is CC1CCC[NH+](C)C1.O=S(=O)([O-])C(F)(F)F. The van der Waals surface area contributed by atoms with Crippen molar-refractivity contribution in [3.05, 3.63) is 0 Å². The van der Waals surface area contributed by atoms with Crippen molar-refractivity contribution in [3.63, 3.8) is 0 Å². The molecule has 2 unspecified atom stereocenters. The molecule has 1 saturated heterocycles. The van der Waals surface area contributed by atoms with Crippen LogP contribution in [0.25, 0.3) is 0 Å². The van der Waals surface area contributed by atoms with Gasteiger partial charge in [0.1, 0.15) is 0 Å². The lowest BCUT2D eigenvalue weighted by Crippen LogP contribution is -3.10. The van der Waals surface area contributed by atoms with Crippen molar-refractivity contribution in [1.82, 2.24) is 0 Å². The minimum absolute atomic E-state index is 0.976. The lowest BCUT2D eigenvalue weighted by Gasteiger charge is -2.23. The van der Waals surface area contributed by atoms with Gasteiger partial charge in [-0.15, -0.1) is 0 Å². The highest BCUT2D eigenvalue weighted by molar-refractivity contribution is 7.86. The number of likely N-dealkylation sites (tertiary alicyclic amines) is 1. The van der Waals surface area contributed by atoms with Gasteiger partial charge in [-0.3, -0.25) is 0 Å². The lowest BCUT2D eigenvalue weighted by molar-refractivity contribution is -0.888. The minimum atomic E-state index is -6.09. The average Bonchev–Trinajstić information content (AvgIpc) is 2.00. The Hall–Kier alpha value is -0.340. The van der Waals surface area contributed by atoms with Crippen LogP contribution in [0.15, 0.2) is 0 Å². The zero-order valence-electron chi connectivity index (χ0n) is 9.17. The average molecular weight is 263 g/mol. The molecule has 2 atom stereocenters. The second-order valence-electron chi connectivity index (χ2n) is 4.06. The molecule has 98 valence electrons. The predicted octanol–water partition coefficient (Wildman–Crippen LogP) is -0.0176. The molecule has 0 bridgehead atoms. The van der Waals surface area contributed by atoms with E-state index in [4.69, 9.17) is 13.0 Å². The quantitative estimate of drug-likeness (QED) is 0.493. The number of rotatable bonds is 0. The van der Waals surface area contributed by atoms with Crippen LogP contribution < -0.4 is 4.90 Å². The number of piperidine rings is 1. The lowest BCUT2D eigenvalue weighted by atomic mass is 10.0. The van der Waals surface area contributed by atoms with E-state index in [1.807, 2.05) is 0 Å². The topological polar surface area (TPSA) is 61.6 Å². The summed E-state index contributed by atoms with van der Waals surface area (Å²) in [5, 5.41) is 0. The zero-order chi connectivity index (χ0) is 13.0. The Morgan fingerprint density at radius 1 is 1.38 bits per heavy atom. The summed E-state index contributed by atoms with van der Waals surface area (Å²) in [4.78, 5) is 1.71. The highest BCUT2D eigenvalue weighted by Crippen LogP contribution is 2.20. The largest absolute Gasteiger partial charge is 0.741 e. The summed E-state index contributed by atoms with van der Waals surface area (Å²) in [6.45, 7) is 5.13. The van der Waals surface area contributed by atoms with E-state index in [0.717, 1.165) is 5.92 Å². The van der Waals surface area contributed by atoms with Gasteiger partial charge in [0, 0.05) is 5.92 Å². The molecule has 1 aliphatic heterocycles. The van der Waals surface area contributed by atoms with Gasteiger partial charge in [0.25, 0.3) is 0 Å². The molecule has 0 spiro atoms. The van der Waals surface area contributed by atoms with Gasteiger partial charge < -0.3 is 9.45 Å². The van der Waals surface area contributed by atoms with Crippen LogP contribution in [0, 0.1) is 5.92 Å². The highest BCUT2D eigenvalue weighted by Gasteiger charge is 2.36. The van der Waals surface area contributed by atoms with Crippen LogP contribution in [0.1, 0.15) is 19.8 Å². The first-order chi connectivity index (χ1) is 7.04. The predicted molar refractivity (Wildman–Crippen MR) is 50.8 cm³/mol. The van der Waals surface area contributed by atoms with Crippen molar-refractivity contribution >= 4 is 10.1 Å². The number of halogens is 3. The van der Waals surface area contributed by atoms with Gasteiger partial charge in [-0.05, 0) is 12.8 Å². The van der Waals surface area contributed by atoms with Crippen LogP contribution in [0.5, 0.6) is 0 Å². The summed E-state index contributed by atoms with van der Waals surface area (Å²) in [5.41, 5.74) is -5.65. The molecular weight excluding hydrogens is 247 g/mol. The molecule has 0 aromatic rings. The molecule has 0 aromatic heterocycles. The maximum Gasteiger partial charge on any atom is 0.485 e. The molecule has 16 heavy (non-hydrogen) atoms. The van der Waals surface area contributed by atoms with Crippen molar-refractivity contribution in [3.8, 4) is 0 Å². The number of hydrogen-bond acceptors (Lipinski definition) is 3. The first kappa shape index (κ1) is 15.7. The molecule has 1 N–H and O–H groups in total. The van der Waals surface area contributed by atoms with Crippen LogP contribution in [0.4, 0.5) is 13.2 Å². The Morgan fingerprint density at radius 2 is 1.81 bits per heavy atom. The Labute approximate surface area is 93.2 Å². The maximum absolute atomic E-state index is 10.7. The first-order valence-corrected chi connectivity index (χ1v) is 6.28. The Balaban J connectivity index is 0.000000281. The third kappa shape index (κ3) is 6.29. The van der Waals surface area contributed by atoms with Crippen molar-refractivity contribution in [2.24, 2.45) is 5.92 Å².